The van der Waals surface area contributed by atoms with Crippen LogP contribution in [0.25, 0.3) is 33.1 Å². The molecule has 4 aromatic rings. The standard InChI is InChI=1S/C35H38ClF2N7O3/c36-24-8-25-22(11-40-43-25)27-26(24)21-7-19(21)13-47-18-35(46)14-33(15-35)3-1-5-44(16-33)31-23-10-39-30(27)28(38)29(23)41-32(42-31)48-17-34-4-2-6-45(34)12-20(37)9-34/h8,10-11,19-21,46H,1-7,9,12-18H2,(H,40,43)/t19-,20+,21-,33?,34-,35?/m0/s1. The Morgan fingerprint density at radius 3 is 2.92 bits per heavy atom. The number of ether oxygens (including phenoxy) is 2. The van der Waals surface area contributed by atoms with Crippen LogP contribution in [0.5, 0.6) is 6.01 Å². The largest absolute Gasteiger partial charge is 0.461 e. The number of anilines is 1. The fourth-order valence-corrected chi connectivity index (χ4v) is 10.5. The van der Waals surface area contributed by atoms with Crippen molar-refractivity contribution in [2.45, 2.75) is 74.6 Å². The molecule has 7 bridgehead atoms. The second kappa shape index (κ2) is 10.4. The second-order valence-electron chi connectivity index (χ2n) is 15.6. The third-order valence-corrected chi connectivity index (χ3v) is 12.5. The SMILES string of the molecule is OC12COC[C@@H]3C[C@@H]3c3c(Cl)cc4[nH]ncc4c3-c3ncc4c(nc(OC[C@@]56CCCN5C[C@H](F)C6)nc4c3F)N3CCCC(C3)(C1)C2. The highest BCUT2D eigenvalue weighted by atomic mass is 35.5. The minimum absolute atomic E-state index is 0.0475. The van der Waals surface area contributed by atoms with Crippen LogP contribution in [0.1, 0.15) is 62.8 Å². The zero-order chi connectivity index (χ0) is 32.4. The molecule has 4 atom stereocenters. The molecule has 0 unspecified atom stereocenters. The highest BCUT2D eigenvalue weighted by Crippen LogP contribution is 2.57. The number of aromatic amines is 1. The smallest absolute Gasteiger partial charge is 0.319 e. The van der Waals surface area contributed by atoms with E-state index < -0.39 is 23.1 Å². The minimum atomic E-state index is -0.891. The van der Waals surface area contributed by atoms with Gasteiger partial charge in [-0.2, -0.15) is 15.1 Å². The van der Waals surface area contributed by atoms with Crippen molar-refractivity contribution in [2.75, 3.05) is 50.9 Å². The van der Waals surface area contributed by atoms with Crippen molar-refractivity contribution in [3.63, 3.8) is 0 Å². The first-order valence-electron chi connectivity index (χ1n) is 17.3. The third-order valence-electron chi connectivity index (χ3n) is 12.2. The molecule has 3 aromatic heterocycles. The van der Waals surface area contributed by atoms with Gasteiger partial charge in [0.15, 0.2) is 5.82 Å². The van der Waals surface area contributed by atoms with Crippen molar-refractivity contribution in [3.05, 3.63) is 34.9 Å². The molecule has 5 fully saturated rings. The fourth-order valence-electron chi connectivity index (χ4n) is 10.2. The van der Waals surface area contributed by atoms with Crippen molar-refractivity contribution >= 4 is 39.2 Å². The normalized spacial score (nSPS) is 34.2. The van der Waals surface area contributed by atoms with Gasteiger partial charge in [-0.3, -0.25) is 15.0 Å². The molecule has 12 rings (SSSR count). The molecule has 252 valence electrons. The summed E-state index contributed by atoms with van der Waals surface area (Å²) in [5, 5.41) is 20.5. The number of hydrogen-bond acceptors (Lipinski definition) is 9. The molecule has 2 saturated carbocycles. The monoisotopic (exact) mass is 677 g/mol. The molecule has 1 spiro atoms. The second-order valence-corrected chi connectivity index (χ2v) is 16.0. The van der Waals surface area contributed by atoms with Crippen LogP contribution in [0.4, 0.5) is 14.6 Å². The molecule has 2 aliphatic carbocycles. The Bertz CT molecular complexity index is 1970. The molecule has 2 N–H and O–H groups in total. The van der Waals surface area contributed by atoms with Gasteiger partial charge in [0.1, 0.15) is 29.8 Å². The molecule has 48 heavy (non-hydrogen) atoms. The Balaban J connectivity index is 1.14. The van der Waals surface area contributed by atoms with E-state index in [2.05, 4.69) is 20.0 Å². The number of alkyl halides is 1. The number of nitrogens with zero attached hydrogens (tertiary/aromatic N) is 6. The maximum absolute atomic E-state index is 17.2. The van der Waals surface area contributed by atoms with Gasteiger partial charge in [0, 0.05) is 48.2 Å². The van der Waals surface area contributed by atoms with Crippen molar-refractivity contribution in [1.82, 2.24) is 30.0 Å². The summed E-state index contributed by atoms with van der Waals surface area (Å²) in [4.78, 5) is 18.8. The average molecular weight is 678 g/mol. The van der Waals surface area contributed by atoms with Crippen LogP contribution < -0.4 is 9.64 Å². The molecule has 13 heteroatoms. The lowest BCUT2D eigenvalue weighted by Gasteiger charge is -2.57. The molecular weight excluding hydrogens is 640 g/mol. The van der Waals surface area contributed by atoms with Crippen LogP contribution in [-0.4, -0.2) is 98.5 Å². The molecule has 9 heterocycles. The Morgan fingerprint density at radius 2 is 2.02 bits per heavy atom. The number of rotatable bonds is 3. The Morgan fingerprint density at radius 1 is 1.15 bits per heavy atom. The molecule has 3 saturated heterocycles. The molecule has 10 nitrogen and oxygen atoms in total. The summed E-state index contributed by atoms with van der Waals surface area (Å²) in [6, 6.07) is 1.92. The van der Waals surface area contributed by atoms with Gasteiger partial charge in [-0.15, -0.1) is 0 Å². The summed E-state index contributed by atoms with van der Waals surface area (Å²) in [7, 11) is 0. The number of nitrogens with one attached hydrogen (secondary N) is 1. The van der Waals surface area contributed by atoms with Gasteiger partial charge < -0.3 is 19.5 Å². The van der Waals surface area contributed by atoms with Crippen molar-refractivity contribution in [1.29, 1.82) is 0 Å². The van der Waals surface area contributed by atoms with Gasteiger partial charge in [0.05, 0.1) is 41.5 Å². The van der Waals surface area contributed by atoms with Crippen molar-refractivity contribution < 1.29 is 23.4 Å². The zero-order valence-corrected chi connectivity index (χ0v) is 27.4. The maximum Gasteiger partial charge on any atom is 0.319 e. The number of piperidine rings is 1. The number of H-pyrrole nitrogens is 1. The minimum Gasteiger partial charge on any atom is -0.461 e. The quantitative estimate of drug-likeness (QED) is 0.288. The lowest BCUT2D eigenvalue weighted by molar-refractivity contribution is -0.168. The van der Waals surface area contributed by atoms with Crippen LogP contribution in [0.3, 0.4) is 0 Å². The Kier molecular flexibility index (Phi) is 6.44. The number of halogens is 3. The average Bonchev–Trinajstić information content (AvgIpc) is 3.31. The van der Waals surface area contributed by atoms with E-state index >= 15 is 4.39 Å². The van der Waals surface area contributed by atoms with Crippen LogP contribution in [0, 0.1) is 17.2 Å². The summed E-state index contributed by atoms with van der Waals surface area (Å²) in [5.41, 5.74) is 1.04. The van der Waals surface area contributed by atoms with Gasteiger partial charge in [0.2, 0.25) is 0 Å². The van der Waals surface area contributed by atoms with Gasteiger partial charge in [-0.1, -0.05) is 11.6 Å². The van der Waals surface area contributed by atoms with Crippen LogP contribution in [-0.2, 0) is 4.74 Å². The number of pyridine rings is 1. The maximum atomic E-state index is 17.2. The fraction of sp³-hybridized carbons (Fsp3) is 0.600. The molecule has 0 radical (unpaired) electrons. The topological polar surface area (TPSA) is 113 Å². The van der Waals surface area contributed by atoms with E-state index in [4.69, 9.17) is 36.0 Å². The van der Waals surface area contributed by atoms with E-state index in [0.717, 1.165) is 56.1 Å². The zero-order valence-electron chi connectivity index (χ0n) is 26.7. The summed E-state index contributed by atoms with van der Waals surface area (Å²) < 4.78 is 44.3. The first-order valence-corrected chi connectivity index (χ1v) is 17.7. The van der Waals surface area contributed by atoms with E-state index in [0.29, 0.717) is 72.9 Å². The Hall–Kier alpha value is -3.19. The van der Waals surface area contributed by atoms with Gasteiger partial charge in [0.25, 0.3) is 0 Å². The molecule has 0 amide bonds. The predicted molar refractivity (Wildman–Crippen MR) is 176 cm³/mol. The van der Waals surface area contributed by atoms with Crippen LogP contribution in [0.15, 0.2) is 18.5 Å². The van der Waals surface area contributed by atoms with E-state index in [1.54, 1.807) is 12.4 Å². The summed E-state index contributed by atoms with van der Waals surface area (Å²) >= 11 is 6.96. The third kappa shape index (κ3) is 4.51. The molecule has 8 aliphatic rings. The number of benzene rings is 1. The molecular formula is C35H38ClF2N7O3. The first kappa shape index (κ1) is 29.7. The van der Waals surface area contributed by atoms with E-state index in [1.807, 2.05) is 6.07 Å². The van der Waals surface area contributed by atoms with E-state index in [1.165, 1.54) is 0 Å². The summed E-state index contributed by atoms with van der Waals surface area (Å²) in [6.45, 7) is 3.69. The highest BCUT2D eigenvalue weighted by molar-refractivity contribution is 6.33. The predicted octanol–water partition coefficient (Wildman–Crippen LogP) is 5.56. The van der Waals surface area contributed by atoms with Crippen LogP contribution in [0.2, 0.25) is 5.02 Å². The number of aromatic nitrogens is 5. The van der Waals surface area contributed by atoms with Crippen molar-refractivity contribution in [3.8, 4) is 17.3 Å². The van der Waals surface area contributed by atoms with E-state index in [-0.39, 0.29) is 41.1 Å². The molecule has 6 aliphatic heterocycles. The Labute approximate surface area is 281 Å². The number of aliphatic hydroxyl groups is 1. The first-order chi connectivity index (χ1) is 23.2. The van der Waals surface area contributed by atoms with Crippen LogP contribution >= 0.6 is 11.6 Å². The van der Waals surface area contributed by atoms with Gasteiger partial charge >= 0.3 is 6.01 Å². The summed E-state index contributed by atoms with van der Waals surface area (Å²) in [5.74, 6) is 0.238. The van der Waals surface area contributed by atoms with E-state index in [9.17, 15) is 9.50 Å². The lowest BCUT2D eigenvalue weighted by atomic mass is 9.56. The highest BCUT2D eigenvalue weighted by Gasteiger charge is 2.56. The lowest BCUT2D eigenvalue weighted by Crippen LogP contribution is -2.60. The molecule has 1 aromatic carbocycles. The number of hydrogen-bond donors (Lipinski definition) is 2. The van der Waals surface area contributed by atoms with Crippen molar-refractivity contribution in [2.24, 2.45) is 11.3 Å². The summed E-state index contributed by atoms with van der Waals surface area (Å²) in [6.07, 6.45) is 8.76. The van der Waals surface area contributed by atoms with Gasteiger partial charge in [-0.05, 0) is 80.4 Å². The number of fused-ring (bicyclic) bond motifs is 2. The van der Waals surface area contributed by atoms with Gasteiger partial charge in [-0.25, -0.2) is 8.78 Å².